The van der Waals surface area contributed by atoms with Gasteiger partial charge in [-0.3, -0.25) is 9.59 Å². The second-order valence-corrected chi connectivity index (χ2v) is 4.29. The summed E-state index contributed by atoms with van der Waals surface area (Å²) in [5.74, 6) is -2.52. The number of ether oxygens (including phenoxy) is 1. The van der Waals surface area contributed by atoms with Crippen LogP contribution in [0.1, 0.15) is 23.2 Å². The lowest BCUT2D eigenvalue weighted by Gasteiger charge is -2.10. The number of carboxylic acids is 2. The number of benzene rings is 1. The van der Waals surface area contributed by atoms with Gasteiger partial charge in [0, 0.05) is 18.2 Å². The molecule has 0 saturated carbocycles. The Morgan fingerprint density at radius 1 is 1.29 bits per heavy atom. The van der Waals surface area contributed by atoms with Gasteiger partial charge in [0.1, 0.15) is 11.8 Å². The maximum atomic E-state index is 11.7. The van der Waals surface area contributed by atoms with E-state index in [1.165, 1.54) is 25.3 Å². The van der Waals surface area contributed by atoms with Gasteiger partial charge in [-0.15, -0.1) is 0 Å². The number of nitrogens with two attached hydrogens (primary N) is 1. The number of amides is 1. The van der Waals surface area contributed by atoms with Gasteiger partial charge in [0.15, 0.2) is 0 Å². The molecule has 0 heterocycles. The van der Waals surface area contributed by atoms with Crippen LogP contribution in [0.3, 0.4) is 0 Å². The number of carbonyl (C=O) groups excluding carboxylic acids is 1. The lowest BCUT2D eigenvalue weighted by atomic mass is 10.1. The smallest absolute Gasteiger partial charge is 0.335 e. The van der Waals surface area contributed by atoms with E-state index >= 15 is 0 Å². The summed E-state index contributed by atoms with van der Waals surface area (Å²) < 4.78 is 4.94. The van der Waals surface area contributed by atoms with Crippen molar-refractivity contribution in [1.29, 1.82) is 0 Å². The monoisotopic (exact) mass is 296 g/mol. The minimum atomic E-state index is -1.18. The number of aromatic carboxylic acids is 1. The highest BCUT2D eigenvalue weighted by atomic mass is 16.5. The van der Waals surface area contributed by atoms with Crippen molar-refractivity contribution in [3.05, 3.63) is 23.8 Å². The topological polar surface area (TPSA) is 139 Å². The van der Waals surface area contributed by atoms with Crippen molar-refractivity contribution >= 4 is 23.5 Å². The number of rotatable bonds is 7. The second-order valence-electron chi connectivity index (χ2n) is 4.29. The number of methoxy groups -OCH3 is 1. The summed E-state index contributed by atoms with van der Waals surface area (Å²) in [6.45, 7) is 0. The molecule has 21 heavy (non-hydrogen) atoms. The summed E-state index contributed by atoms with van der Waals surface area (Å²) in [5.41, 5.74) is 5.51. The first kappa shape index (κ1) is 16.4. The Kier molecular flexibility index (Phi) is 5.67. The maximum absolute atomic E-state index is 11.7. The second kappa shape index (κ2) is 7.25. The Balaban J connectivity index is 2.73. The molecule has 114 valence electrons. The van der Waals surface area contributed by atoms with Crippen LogP contribution in [0.2, 0.25) is 0 Å². The minimum absolute atomic E-state index is 0.0169. The molecule has 1 atom stereocenters. The van der Waals surface area contributed by atoms with Gasteiger partial charge in [-0.1, -0.05) is 0 Å². The zero-order chi connectivity index (χ0) is 16.0. The SMILES string of the molecule is COc1cc(NC(=O)CC[C@H](N)C(=O)O)cc(C(=O)O)c1. The Morgan fingerprint density at radius 3 is 2.48 bits per heavy atom. The molecule has 0 aliphatic heterocycles. The van der Waals surface area contributed by atoms with Crippen molar-refractivity contribution < 1.29 is 29.3 Å². The van der Waals surface area contributed by atoms with E-state index in [0.717, 1.165) is 0 Å². The van der Waals surface area contributed by atoms with E-state index in [4.69, 9.17) is 20.7 Å². The number of hydrogen-bond donors (Lipinski definition) is 4. The van der Waals surface area contributed by atoms with E-state index < -0.39 is 23.9 Å². The molecule has 0 aliphatic carbocycles. The summed E-state index contributed by atoms with van der Waals surface area (Å²) >= 11 is 0. The molecule has 0 fully saturated rings. The van der Waals surface area contributed by atoms with E-state index in [2.05, 4.69) is 5.32 Å². The van der Waals surface area contributed by atoms with Gasteiger partial charge in [-0.2, -0.15) is 0 Å². The highest BCUT2D eigenvalue weighted by Crippen LogP contribution is 2.21. The zero-order valence-electron chi connectivity index (χ0n) is 11.3. The fourth-order valence-electron chi connectivity index (χ4n) is 1.55. The summed E-state index contributed by atoms with van der Waals surface area (Å²) in [5, 5.41) is 20.0. The molecule has 1 rings (SSSR count). The van der Waals surface area contributed by atoms with Crippen LogP contribution in [0.25, 0.3) is 0 Å². The van der Waals surface area contributed by atoms with Crippen LogP contribution in [0, 0.1) is 0 Å². The fourth-order valence-corrected chi connectivity index (χ4v) is 1.55. The predicted octanol–water partition coefficient (Wildman–Crippen LogP) is 0.524. The third-order valence-electron chi connectivity index (χ3n) is 2.67. The highest BCUT2D eigenvalue weighted by Gasteiger charge is 2.14. The van der Waals surface area contributed by atoms with Gasteiger partial charge < -0.3 is 26.0 Å². The number of hydrogen-bond acceptors (Lipinski definition) is 5. The van der Waals surface area contributed by atoms with Crippen molar-refractivity contribution in [2.24, 2.45) is 5.73 Å². The molecule has 1 aromatic rings. The molecule has 0 bridgehead atoms. The van der Waals surface area contributed by atoms with Crippen molar-refractivity contribution in [3.63, 3.8) is 0 Å². The Labute approximate surface area is 120 Å². The predicted molar refractivity (Wildman–Crippen MR) is 73.4 cm³/mol. The molecule has 1 amide bonds. The van der Waals surface area contributed by atoms with Crippen molar-refractivity contribution in [2.75, 3.05) is 12.4 Å². The van der Waals surface area contributed by atoms with Crippen LogP contribution in [-0.4, -0.2) is 41.2 Å². The summed E-state index contributed by atoms with van der Waals surface area (Å²) in [6.07, 6.45) is -0.107. The number of aliphatic carboxylic acids is 1. The van der Waals surface area contributed by atoms with Crippen molar-refractivity contribution in [2.45, 2.75) is 18.9 Å². The summed E-state index contributed by atoms with van der Waals surface area (Å²) in [7, 11) is 1.37. The van der Waals surface area contributed by atoms with Crippen LogP contribution in [0.5, 0.6) is 5.75 Å². The highest BCUT2D eigenvalue weighted by molar-refractivity contribution is 5.94. The van der Waals surface area contributed by atoms with Crippen molar-refractivity contribution in [3.8, 4) is 5.75 Å². The Morgan fingerprint density at radius 2 is 1.95 bits per heavy atom. The first-order valence-corrected chi connectivity index (χ1v) is 6.04. The first-order chi connectivity index (χ1) is 9.83. The lowest BCUT2D eigenvalue weighted by molar-refractivity contribution is -0.138. The molecule has 0 radical (unpaired) electrons. The van der Waals surface area contributed by atoms with Crippen molar-refractivity contribution in [1.82, 2.24) is 0 Å². The van der Waals surface area contributed by atoms with Gasteiger partial charge in [0.05, 0.1) is 12.7 Å². The number of carboxylic acid groups (broad SMARTS) is 2. The molecule has 0 aliphatic rings. The minimum Gasteiger partial charge on any atom is -0.497 e. The molecule has 8 heteroatoms. The standard InChI is InChI=1S/C13H16N2O6/c1-21-9-5-7(12(17)18)4-8(6-9)15-11(16)3-2-10(14)13(19)20/h4-6,10H,2-3,14H2,1H3,(H,15,16)(H,17,18)(H,19,20)/t10-/m0/s1. The summed E-state index contributed by atoms with van der Waals surface area (Å²) in [6, 6.07) is 2.94. The van der Waals surface area contributed by atoms with Crippen LogP contribution in [0.4, 0.5) is 5.69 Å². The number of nitrogens with one attached hydrogen (secondary N) is 1. The van der Waals surface area contributed by atoms with Gasteiger partial charge in [-0.25, -0.2) is 4.79 Å². The Bertz CT molecular complexity index is 558. The molecule has 8 nitrogen and oxygen atoms in total. The van der Waals surface area contributed by atoms with E-state index in [9.17, 15) is 14.4 Å². The molecule has 0 spiro atoms. The molecule has 0 aromatic heterocycles. The Hall–Kier alpha value is -2.61. The molecular formula is C13H16N2O6. The lowest BCUT2D eigenvalue weighted by Crippen LogP contribution is -2.31. The normalized spacial score (nSPS) is 11.5. The van der Waals surface area contributed by atoms with Crippen LogP contribution in [0.15, 0.2) is 18.2 Å². The quantitative estimate of drug-likeness (QED) is 0.575. The van der Waals surface area contributed by atoms with Crippen LogP contribution in [-0.2, 0) is 9.59 Å². The number of carbonyl (C=O) groups is 3. The summed E-state index contributed by atoms with van der Waals surface area (Å²) in [4.78, 5) is 33.2. The van der Waals surface area contributed by atoms with Gasteiger partial charge in [-0.05, 0) is 18.6 Å². The zero-order valence-corrected chi connectivity index (χ0v) is 11.3. The van der Waals surface area contributed by atoms with Gasteiger partial charge in [0.25, 0.3) is 0 Å². The third-order valence-corrected chi connectivity index (χ3v) is 2.67. The molecule has 1 aromatic carbocycles. The average Bonchev–Trinajstić information content (AvgIpc) is 2.43. The van der Waals surface area contributed by atoms with Crippen LogP contribution < -0.4 is 15.8 Å². The van der Waals surface area contributed by atoms with Crippen LogP contribution >= 0.6 is 0 Å². The number of anilines is 1. The van der Waals surface area contributed by atoms with Gasteiger partial charge >= 0.3 is 11.9 Å². The van der Waals surface area contributed by atoms with E-state index in [0.29, 0.717) is 0 Å². The molecule has 5 N–H and O–H groups in total. The molecule has 0 saturated heterocycles. The maximum Gasteiger partial charge on any atom is 0.335 e. The molecular weight excluding hydrogens is 280 g/mol. The molecule has 0 unspecified atom stereocenters. The largest absolute Gasteiger partial charge is 0.497 e. The van der Waals surface area contributed by atoms with E-state index in [1.807, 2.05) is 0 Å². The third kappa shape index (κ3) is 5.11. The average molecular weight is 296 g/mol. The van der Waals surface area contributed by atoms with E-state index in [-0.39, 0.29) is 29.8 Å². The first-order valence-electron chi connectivity index (χ1n) is 6.04. The van der Waals surface area contributed by atoms with Gasteiger partial charge in [0.2, 0.25) is 5.91 Å². The fraction of sp³-hybridized carbons (Fsp3) is 0.308. The van der Waals surface area contributed by atoms with E-state index in [1.54, 1.807) is 0 Å².